The number of rotatable bonds is 29. The van der Waals surface area contributed by atoms with Crippen molar-refractivity contribution in [2.75, 3.05) is 45.2 Å². The van der Waals surface area contributed by atoms with Gasteiger partial charge in [-0.15, -0.1) is 0 Å². The van der Waals surface area contributed by atoms with E-state index in [2.05, 4.69) is 45.2 Å². The van der Waals surface area contributed by atoms with E-state index in [-0.39, 0.29) is 0 Å². The van der Waals surface area contributed by atoms with Crippen LogP contribution in [0.3, 0.4) is 0 Å². The van der Waals surface area contributed by atoms with Gasteiger partial charge < -0.3 is 18.2 Å². The van der Waals surface area contributed by atoms with E-state index < -0.39 is 8.80 Å². The van der Waals surface area contributed by atoms with Crippen molar-refractivity contribution in [1.29, 1.82) is 0 Å². The second-order valence-electron chi connectivity index (χ2n) is 10.1. The first-order valence-electron chi connectivity index (χ1n) is 15.4. The van der Waals surface area contributed by atoms with Crippen LogP contribution >= 0.6 is 12.6 Å². The van der Waals surface area contributed by atoms with E-state index in [9.17, 15) is 0 Å². The average molecular weight is 534 g/mol. The molecule has 0 saturated carbocycles. The van der Waals surface area contributed by atoms with Gasteiger partial charge in [-0.2, -0.15) is 12.6 Å². The fourth-order valence-corrected chi connectivity index (χ4v) is 7.35. The summed E-state index contributed by atoms with van der Waals surface area (Å²) in [4.78, 5) is 2.58. The Morgan fingerprint density at radius 1 is 0.486 bits per heavy atom. The maximum Gasteiger partial charge on any atom is 0.501 e. The molecule has 0 aliphatic carbocycles. The van der Waals surface area contributed by atoms with Gasteiger partial charge in [0, 0.05) is 25.8 Å². The van der Waals surface area contributed by atoms with Gasteiger partial charge in [0.1, 0.15) is 0 Å². The molecule has 4 nitrogen and oxygen atoms in total. The minimum atomic E-state index is -2.67. The van der Waals surface area contributed by atoms with Gasteiger partial charge in [0.05, 0.1) is 6.61 Å². The molecular weight excluding hydrogens is 470 g/mol. The Balaban J connectivity index is 4.87. The summed E-state index contributed by atoms with van der Waals surface area (Å²) in [6, 6.07) is 0.895. The van der Waals surface area contributed by atoms with Gasteiger partial charge in [0.2, 0.25) is 0 Å². The lowest BCUT2D eigenvalue weighted by atomic mass is 10.1. The molecule has 212 valence electrons. The molecule has 0 atom stereocenters. The Hall–Kier alpha value is 0.407. The number of hydrogen-bond donors (Lipinski definition) is 1. The second kappa shape index (κ2) is 27.4. The molecule has 0 amide bonds. The summed E-state index contributed by atoms with van der Waals surface area (Å²) >= 11 is 4.49. The minimum absolute atomic E-state index is 0.721. The van der Waals surface area contributed by atoms with Crippen LogP contribution in [0.5, 0.6) is 0 Å². The molecule has 0 aromatic heterocycles. The van der Waals surface area contributed by atoms with Crippen molar-refractivity contribution in [3.63, 3.8) is 0 Å². The van der Waals surface area contributed by atoms with E-state index in [1.165, 1.54) is 103 Å². The first-order chi connectivity index (χ1) is 17.2. The normalized spacial score (nSPS) is 12.2. The highest BCUT2D eigenvalue weighted by Crippen LogP contribution is 2.21. The van der Waals surface area contributed by atoms with E-state index >= 15 is 0 Å². The van der Waals surface area contributed by atoms with Crippen molar-refractivity contribution >= 4 is 21.4 Å². The molecule has 0 rings (SSSR count). The highest BCUT2D eigenvalue weighted by Gasteiger charge is 2.40. The highest BCUT2D eigenvalue weighted by atomic mass is 32.1. The Morgan fingerprint density at radius 3 is 1.37 bits per heavy atom. The van der Waals surface area contributed by atoms with Gasteiger partial charge in [-0.25, -0.2) is 0 Å². The Bertz CT molecular complexity index is 391. The Labute approximate surface area is 227 Å². The van der Waals surface area contributed by atoms with Crippen molar-refractivity contribution in [1.82, 2.24) is 4.90 Å². The fraction of sp³-hybridized carbons (Fsp3) is 1.00. The third kappa shape index (κ3) is 22.1. The monoisotopic (exact) mass is 533 g/mol. The van der Waals surface area contributed by atoms with Crippen LogP contribution < -0.4 is 0 Å². The molecular formula is C29H63NO3SSi. The quantitative estimate of drug-likeness (QED) is 0.0590. The lowest BCUT2D eigenvalue weighted by molar-refractivity contribution is 0.0486. The van der Waals surface area contributed by atoms with Gasteiger partial charge in [0.25, 0.3) is 0 Å². The standard InChI is InChI=1S/C29H63NO3SSi/c1-5-9-13-15-17-19-25-31-35(29-21-28-34,32-26-20-18-16-14-10-6-2)33-27-24-30(22-11-7-3)23-12-8-4/h34H,5-29H2,1-4H3. The van der Waals surface area contributed by atoms with E-state index in [0.29, 0.717) is 0 Å². The zero-order valence-corrected chi connectivity index (χ0v) is 26.2. The summed E-state index contributed by atoms with van der Waals surface area (Å²) in [5, 5.41) is 0. The summed E-state index contributed by atoms with van der Waals surface area (Å²) in [5.74, 6) is 0.859. The average Bonchev–Trinajstić information content (AvgIpc) is 2.87. The number of thiol groups is 1. The predicted molar refractivity (Wildman–Crippen MR) is 160 cm³/mol. The van der Waals surface area contributed by atoms with Crippen LogP contribution in [-0.4, -0.2) is 58.9 Å². The van der Waals surface area contributed by atoms with Gasteiger partial charge in [0.15, 0.2) is 0 Å². The van der Waals surface area contributed by atoms with Crippen LogP contribution in [0.1, 0.15) is 137 Å². The van der Waals surface area contributed by atoms with Crippen molar-refractivity contribution in [2.45, 2.75) is 143 Å². The van der Waals surface area contributed by atoms with Gasteiger partial charge in [-0.1, -0.05) is 105 Å². The molecule has 35 heavy (non-hydrogen) atoms. The minimum Gasteiger partial charge on any atom is -0.373 e. The zero-order valence-electron chi connectivity index (χ0n) is 24.3. The van der Waals surface area contributed by atoms with E-state index in [4.69, 9.17) is 13.3 Å². The van der Waals surface area contributed by atoms with E-state index in [0.717, 1.165) is 57.4 Å². The summed E-state index contributed by atoms with van der Waals surface area (Å²) in [6.45, 7) is 14.7. The van der Waals surface area contributed by atoms with Crippen LogP contribution in [0, 0.1) is 0 Å². The predicted octanol–water partition coefficient (Wildman–Crippen LogP) is 8.92. The summed E-state index contributed by atoms with van der Waals surface area (Å²) in [7, 11) is -2.67. The van der Waals surface area contributed by atoms with Crippen molar-refractivity contribution in [3.8, 4) is 0 Å². The Kier molecular flexibility index (Phi) is 27.8. The lowest BCUT2D eigenvalue weighted by Crippen LogP contribution is -2.48. The van der Waals surface area contributed by atoms with E-state index in [1.807, 2.05) is 0 Å². The number of unbranched alkanes of at least 4 members (excludes halogenated alkanes) is 12. The molecule has 6 heteroatoms. The van der Waals surface area contributed by atoms with Crippen LogP contribution in [0.4, 0.5) is 0 Å². The van der Waals surface area contributed by atoms with Gasteiger partial charge in [-0.05, 0) is 50.9 Å². The lowest BCUT2D eigenvalue weighted by Gasteiger charge is -2.31. The maximum absolute atomic E-state index is 6.63. The van der Waals surface area contributed by atoms with Crippen LogP contribution in [-0.2, 0) is 13.3 Å². The van der Waals surface area contributed by atoms with Crippen LogP contribution in [0.2, 0.25) is 6.04 Å². The SMILES string of the molecule is CCCCCCCCO[Si](CCCS)(OCCCCCCCC)OCCN(CCCC)CCCC. The molecule has 0 heterocycles. The van der Waals surface area contributed by atoms with Crippen LogP contribution in [0.25, 0.3) is 0 Å². The third-order valence-corrected chi connectivity index (χ3v) is 9.88. The molecule has 0 fully saturated rings. The zero-order chi connectivity index (χ0) is 25.9. The molecule has 0 aromatic carbocycles. The van der Waals surface area contributed by atoms with Gasteiger partial charge in [-0.3, -0.25) is 0 Å². The fourth-order valence-electron chi connectivity index (χ4n) is 4.29. The third-order valence-electron chi connectivity index (χ3n) is 6.67. The summed E-state index contributed by atoms with van der Waals surface area (Å²) in [5.41, 5.74) is 0. The Morgan fingerprint density at radius 2 is 0.914 bits per heavy atom. The molecule has 0 aliphatic rings. The maximum atomic E-state index is 6.63. The molecule has 0 saturated heterocycles. The molecule has 0 unspecified atom stereocenters. The van der Waals surface area contributed by atoms with Crippen molar-refractivity contribution in [3.05, 3.63) is 0 Å². The number of hydrogen-bond acceptors (Lipinski definition) is 5. The first kappa shape index (κ1) is 35.4. The number of nitrogens with zero attached hydrogens (tertiary/aromatic N) is 1. The highest BCUT2D eigenvalue weighted by molar-refractivity contribution is 7.80. The molecule has 0 bridgehead atoms. The molecule has 0 radical (unpaired) electrons. The molecule has 0 N–H and O–H groups in total. The van der Waals surface area contributed by atoms with Gasteiger partial charge >= 0.3 is 8.80 Å². The molecule has 0 spiro atoms. The molecule has 0 aliphatic heterocycles. The van der Waals surface area contributed by atoms with Crippen molar-refractivity contribution in [2.24, 2.45) is 0 Å². The largest absolute Gasteiger partial charge is 0.501 e. The van der Waals surface area contributed by atoms with Crippen molar-refractivity contribution < 1.29 is 13.3 Å². The smallest absolute Gasteiger partial charge is 0.373 e. The van der Waals surface area contributed by atoms with E-state index in [1.54, 1.807) is 0 Å². The van der Waals surface area contributed by atoms with Crippen LogP contribution in [0.15, 0.2) is 0 Å². The first-order valence-corrected chi connectivity index (χ1v) is 18.0. The summed E-state index contributed by atoms with van der Waals surface area (Å²) in [6.07, 6.45) is 21.3. The summed E-state index contributed by atoms with van der Waals surface area (Å²) < 4.78 is 19.8. The topological polar surface area (TPSA) is 30.9 Å². The molecule has 0 aromatic rings. The second-order valence-corrected chi connectivity index (χ2v) is 13.3.